The molecule has 4 rings (SSSR count). The van der Waals surface area contributed by atoms with E-state index in [0.717, 1.165) is 18.5 Å². The molecule has 0 bridgehead atoms. The lowest BCUT2D eigenvalue weighted by Crippen LogP contribution is -2.51. The van der Waals surface area contributed by atoms with Crippen molar-refractivity contribution in [3.05, 3.63) is 71.8 Å². The highest BCUT2D eigenvalue weighted by molar-refractivity contribution is 5.81. The highest BCUT2D eigenvalue weighted by Gasteiger charge is 2.35. The summed E-state index contributed by atoms with van der Waals surface area (Å²) in [5.74, 6) is 0.732. The molecule has 1 saturated carbocycles. The van der Waals surface area contributed by atoms with E-state index in [9.17, 15) is 9.59 Å². The quantitative estimate of drug-likeness (QED) is 0.791. The predicted molar refractivity (Wildman–Crippen MR) is 113 cm³/mol. The number of hydrogen-bond acceptors (Lipinski definition) is 2. The van der Waals surface area contributed by atoms with Gasteiger partial charge in [0.05, 0.1) is 5.92 Å². The Hall–Kier alpha value is -2.82. The first kappa shape index (κ1) is 19.5. The molecular formula is C24H29N3O2. The minimum atomic E-state index is -0.171. The molecule has 2 atom stereocenters. The van der Waals surface area contributed by atoms with Gasteiger partial charge in [0.2, 0.25) is 5.91 Å². The number of carbonyl (C=O) groups excluding carboxylic acids is 2. The van der Waals surface area contributed by atoms with Crippen LogP contribution in [0.15, 0.2) is 60.7 Å². The number of amides is 3. The summed E-state index contributed by atoms with van der Waals surface area (Å²) in [7, 11) is 0. The van der Waals surface area contributed by atoms with Crippen molar-refractivity contribution in [3.63, 3.8) is 0 Å². The number of likely N-dealkylation sites (tertiary alicyclic amines) is 1. The van der Waals surface area contributed by atoms with Crippen LogP contribution in [-0.4, -0.2) is 36.5 Å². The van der Waals surface area contributed by atoms with E-state index in [0.29, 0.717) is 25.6 Å². The molecule has 2 fully saturated rings. The molecule has 1 aliphatic carbocycles. The number of urea groups is 1. The summed E-state index contributed by atoms with van der Waals surface area (Å²) in [5, 5.41) is 6.12. The molecule has 5 nitrogen and oxygen atoms in total. The highest BCUT2D eigenvalue weighted by Crippen LogP contribution is 2.31. The largest absolute Gasteiger partial charge is 0.356 e. The molecular weight excluding hydrogens is 362 g/mol. The van der Waals surface area contributed by atoms with Gasteiger partial charge in [0, 0.05) is 32.1 Å². The standard InChI is InChI=1S/C24H29N3O2/c28-23(25-14-19-11-12-19)22-13-21(20-9-5-2-6-10-20)16-27(17-22)24(29)26-15-18-7-3-1-4-8-18/h1-10,19,21-22H,11-17H2,(H,25,28)(H,26,29). The van der Waals surface area contributed by atoms with Crippen LogP contribution in [0.2, 0.25) is 0 Å². The Bertz CT molecular complexity index is 821. The molecule has 1 saturated heterocycles. The average molecular weight is 392 g/mol. The number of piperidine rings is 1. The fourth-order valence-corrected chi connectivity index (χ4v) is 4.02. The maximum absolute atomic E-state index is 12.9. The third-order valence-electron chi connectivity index (χ3n) is 5.93. The lowest BCUT2D eigenvalue weighted by Gasteiger charge is -2.37. The zero-order valence-corrected chi connectivity index (χ0v) is 16.7. The fourth-order valence-electron chi connectivity index (χ4n) is 4.02. The SMILES string of the molecule is O=C(NCC1CC1)C1CC(c2ccccc2)CN(C(=O)NCc2ccccc2)C1. The molecule has 0 radical (unpaired) electrons. The maximum atomic E-state index is 12.9. The summed E-state index contributed by atoms with van der Waals surface area (Å²) >= 11 is 0. The lowest BCUT2D eigenvalue weighted by atomic mass is 9.84. The van der Waals surface area contributed by atoms with Crippen LogP contribution in [0.5, 0.6) is 0 Å². The molecule has 2 aliphatic rings. The molecule has 29 heavy (non-hydrogen) atoms. The Morgan fingerprint density at radius 1 is 0.897 bits per heavy atom. The third kappa shape index (κ3) is 5.37. The van der Waals surface area contributed by atoms with Crippen LogP contribution in [0.3, 0.4) is 0 Å². The van der Waals surface area contributed by atoms with Crippen molar-refractivity contribution in [1.82, 2.24) is 15.5 Å². The van der Waals surface area contributed by atoms with Gasteiger partial charge in [-0.15, -0.1) is 0 Å². The van der Waals surface area contributed by atoms with E-state index in [1.54, 1.807) is 0 Å². The summed E-state index contributed by atoms with van der Waals surface area (Å²) < 4.78 is 0. The average Bonchev–Trinajstić information content (AvgIpc) is 3.61. The zero-order chi connectivity index (χ0) is 20.1. The van der Waals surface area contributed by atoms with Crippen LogP contribution in [0.4, 0.5) is 4.79 Å². The van der Waals surface area contributed by atoms with Crippen molar-refractivity contribution in [2.75, 3.05) is 19.6 Å². The van der Waals surface area contributed by atoms with E-state index < -0.39 is 0 Å². The highest BCUT2D eigenvalue weighted by atomic mass is 16.2. The van der Waals surface area contributed by atoms with Crippen molar-refractivity contribution >= 4 is 11.9 Å². The van der Waals surface area contributed by atoms with Crippen LogP contribution >= 0.6 is 0 Å². The van der Waals surface area contributed by atoms with E-state index >= 15 is 0 Å². The van der Waals surface area contributed by atoms with Gasteiger partial charge in [-0.05, 0) is 36.3 Å². The lowest BCUT2D eigenvalue weighted by molar-refractivity contribution is -0.126. The second kappa shape index (κ2) is 9.12. The number of nitrogens with zero attached hydrogens (tertiary/aromatic N) is 1. The van der Waals surface area contributed by atoms with Gasteiger partial charge in [0.15, 0.2) is 0 Å². The van der Waals surface area contributed by atoms with Gasteiger partial charge in [-0.2, -0.15) is 0 Å². The normalized spacial score (nSPS) is 21.4. The Labute approximate surface area is 172 Å². The summed E-state index contributed by atoms with van der Waals surface area (Å²) in [4.78, 5) is 27.5. The number of hydrogen-bond donors (Lipinski definition) is 2. The number of rotatable bonds is 6. The Kier molecular flexibility index (Phi) is 6.13. The van der Waals surface area contributed by atoms with Crippen LogP contribution in [0, 0.1) is 11.8 Å². The van der Waals surface area contributed by atoms with Crippen molar-refractivity contribution in [1.29, 1.82) is 0 Å². The molecule has 5 heteroatoms. The zero-order valence-electron chi connectivity index (χ0n) is 16.7. The minimum absolute atomic E-state index is 0.0818. The van der Waals surface area contributed by atoms with Gasteiger partial charge < -0.3 is 15.5 Å². The second-order valence-corrected chi connectivity index (χ2v) is 8.28. The van der Waals surface area contributed by atoms with Gasteiger partial charge in [-0.1, -0.05) is 60.7 Å². The van der Waals surface area contributed by atoms with Gasteiger partial charge in [-0.3, -0.25) is 4.79 Å². The first-order chi connectivity index (χ1) is 14.2. The Morgan fingerprint density at radius 3 is 2.28 bits per heavy atom. The van der Waals surface area contributed by atoms with Crippen LogP contribution in [0.1, 0.15) is 36.3 Å². The fraction of sp³-hybridized carbons (Fsp3) is 0.417. The summed E-state index contributed by atoms with van der Waals surface area (Å²) in [6, 6.07) is 20.0. The van der Waals surface area contributed by atoms with Gasteiger partial charge >= 0.3 is 6.03 Å². The monoisotopic (exact) mass is 391 g/mol. The molecule has 1 aliphatic heterocycles. The van der Waals surface area contributed by atoms with E-state index in [4.69, 9.17) is 0 Å². The first-order valence-electron chi connectivity index (χ1n) is 10.6. The molecule has 2 N–H and O–H groups in total. The number of nitrogens with one attached hydrogen (secondary N) is 2. The van der Waals surface area contributed by atoms with Gasteiger partial charge in [-0.25, -0.2) is 4.79 Å². The van der Waals surface area contributed by atoms with Crippen LogP contribution < -0.4 is 10.6 Å². The van der Waals surface area contributed by atoms with Crippen molar-refractivity contribution in [2.24, 2.45) is 11.8 Å². The van der Waals surface area contributed by atoms with Gasteiger partial charge in [0.1, 0.15) is 0 Å². The Morgan fingerprint density at radius 2 is 1.59 bits per heavy atom. The number of benzene rings is 2. The third-order valence-corrected chi connectivity index (χ3v) is 5.93. The van der Waals surface area contributed by atoms with Crippen LogP contribution in [-0.2, 0) is 11.3 Å². The maximum Gasteiger partial charge on any atom is 0.317 e. The molecule has 2 aromatic rings. The molecule has 0 aromatic heterocycles. The van der Waals surface area contributed by atoms with Crippen LogP contribution in [0.25, 0.3) is 0 Å². The Balaban J connectivity index is 1.42. The molecule has 2 unspecified atom stereocenters. The van der Waals surface area contributed by atoms with Crippen molar-refractivity contribution < 1.29 is 9.59 Å². The summed E-state index contributed by atoms with van der Waals surface area (Å²) in [6.07, 6.45) is 3.21. The molecule has 1 heterocycles. The molecule has 3 amide bonds. The molecule has 0 spiro atoms. The molecule has 2 aromatic carbocycles. The smallest absolute Gasteiger partial charge is 0.317 e. The van der Waals surface area contributed by atoms with E-state index in [-0.39, 0.29) is 23.8 Å². The van der Waals surface area contributed by atoms with Crippen molar-refractivity contribution in [2.45, 2.75) is 31.7 Å². The topological polar surface area (TPSA) is 61.4 Å². The summed E-state index contributed by atoms with van der Waals surface area (Å²) in [6.45, 7) is 2.37. The van der Waals surface area contributed by atoms with E-state index in [1.807, 2.05) is 53.4 Å². The molecule has 152 valence electrons. The van der Waals surface area contributed by atoms with E-state index in [2.05, 4.69) is 22.8 Å². The minimum Gasteiger partial charge on any atom is -0.356 e. The second-order valence-electron chi connectivity index (χ2n) is 8.28. The summed E-state index contributed by atoms with van der Waals surface area (Å²) in [5.41, 5.74) is 2.25. The van der Waals surface area contributed by atoms with Gasteiger partial charge in [0.25, 0.3) is 0 Å². The first-order valence-corrected chi connectivity index (χ1v) is 10.6. The van der Waals surface area contributed by atoms with Crippen molar-refractivity contribution in [3.8, 4) is 0 Å². The van der Waals surface area contributed by atoms with E-state index in [1.165, 1.54) is 18.4 Å². The predicted octanol–water partition coefficient (Wildman–Crippen LogP) is 3.53. The number of carbonyl (C=O) groups is 2.